The SMILES string of the molecule is [CH2]CC(I)c1cccc([CH2])c1. The maximum absolute atomic E-state index is 3.87. The van der Waals surface area contributed by atoms with Crippen molar-refractivity contribution in [1.82, 2.24) is 0 Å². The molecule has 0 N–H and O–H groups in total. The van der Waals surface area contributed by atoms with Gasteiger partial charge in [0.1, 0.15) is 0 Å². The number of alkyl halides is 1. The largest absolute Gasteiger partial charge is 0.0774 e. The second-order valence-electron chi connectivity index (χ2n) is 2.50. The summed E-state index contributed by atoms with van der Waals surface area (Å²) in [6.45, 7) is 7.74. The maximum Gasteiger partial charge on any atom is 0.0359 e. The zero-order valence-corrected chi connectivity index (χ0v) is 8.54. The topological polar surface area (TPSA) is 0 Å². The van der Waals surface area contributed by atoms with Crippen LogP contribution in [0.3, 0.4) is 0 Å². The molecule has 0 aromatic heterocycles. The Morgan fingerprint density at radius 2 is 2.18 bits per heavy atom. The van der Waals surface area contributed by atoms with Gasteiger partial charge in [0.05, 0.1) is 0 Å². The summed E-state index contributed by atoms with van der Waals surface area (Å²) in [6.07, 6.45) is 0.935. The molecule has 0 aliphatic rings. The molecule has 0 bridgehead atoms. The van der Waals surface area contributed by atoms with Gasteiger partial charge in [0.25, 0.3) is 0 Å². The van der Waals surface area contributed by atoms with Crippen LogP contribution in [0.25, 0.3) is 0 Å². The first-order chi connectivity index (χ1) is 5.24. The molecule has 1 atom stereocenters. The highest BCUT2D eigenvalue weighted by Gasteiger charge is 2.02. The Balaban J connectivity index is 2.86. The van der Waals surface area contributed by atoms with Crippen LogP contribution in [0.5, 0.6) is 0 Å². The van der Waals surface area contributed by atoms with Gasteiger partial charge in [-0.15, -0.1) is 0 Å². The van der Waals surface area contributed by atoms with Crippen molar-refractivity contribution in [2.75, 3.05) is 0 Å². The average molecular weight is 258 g/mol. The third kappa shape index (κ3) is 2.47. The summed E-state index contributed by atoms with van der Waals surface area (Å²) in [6, 6.07) is 8.29. The van der Waals surface area contributed by atoms with E-state index in [9.17, 15) is 0 Å². The van der Waals surface area contributed by atoms with Gasteiger partial charge in [-0.3, -0.25) is 0 Å². The average Bonchev–Trinajstić information content (AvgIpc) is 2.03. The van der Waals surface area contributed by atoms with Crippen molar-refractivity contribution in [2.45, 2.75) is 10.3 Å². The highest BCUT2D eigenvalue weighted by molar-refractivity contribution is 14.1. The quantitative estimate of drug-likeness (QED) is 0.562. The summed E-state index contributed by atoms with van der Waals surface area (Å²) in [7, 11) is 0. The fourth-order valence-electron chi connectivity index (χ4n) is 0.955. The standard InChI is InChI=1S/C10H11I/c1-3-10(11)9-6-4-5-8(2)7-9/h4-7,10H,1-3H2. The lowest BCUT2D eigenvalue weighted by atomic mass is 10.1. The summed E-state index contributed by atoms with van der Waals surface area (Å²) in [5, 5.41) is 0. The Labute approximate surface area is 82.2 Å². The number of hydrogen-bond acceptors (Lipinski definition) is 0. The molecule has 1 rings (SSSR count). The van der Waals surface area contributed by atoms with E-state index in [1.807, 2.05) is 12.1 Å². The van der Waals surface area contributed by atoms with Crippen LogP contribution in [0, 0.1) is 13.8 Å². The van der Waals surface area contributed by atoms with E-state index in [0.29, 0.717) is 3.92 Å². The van der Waals surface area contributed by atoms with Crippen molar-refractivity contribution in [2.24, 2.45) is 0 Å². The van der Waals surface area contributed by atoms with E-state index < -0.39 is 0 Å². The molecule has 0 fully saturated rings. The van der Waals surface area contributed by atoms with Gasteiger partial charge < -0.3 is 0 Å². The van der Waals surface area contributed by atoms with Crippen LogP contribution in [0.15, 0.2) is 24.3 Å². The Morgan fingerprint density at radius 1 is 1.45 bits per heavy atom. The molecule has 11 heavy (non-hydrogen) atoms. The minimum atomic E-state index is 0.522. The van der Waals surface area contributed by atoms with E-state index in [-0.39, 0.29) is 0 Å². The van der Waals surface area contributed by atoms with Gasteiger partial charge in [-0.25, -0.2) is 0 Å². The van der Waals surface area contributed by atoms with Crippen molar-refractivity contribution in [3.8, 4) is 0 Å². The predicted molar refractivity (Wildman–Crippen MR) is 57.6 cm³/mol. The molecule has 0 saturated heterocycles. The van der Waals surface area contributed by atoms with Crippen LogP contribution in [-0.2, 0) is 0 Å². The van der Waals surface area contributed by atoms with E-state index in [4.69, 9.17) is 0 Å². The number of halogens is 1. The van der Waals surface area contributed by atoms with Gasteiger partial charge in [-0.05, 0) is 24.5 Å². The summed E-state index contributed by atoms with van der Waals surface area (Å²) in [5.74, 6) is 0. The lowest BCUT2D eigenvalue weighted by Crippen LogP contribution is -1.87. The highest BCUT2D eigenvalue weighted by Crippen LogP contribution is 2.26. The van der Waals surface area contributed by atoms with Gasteiger partial charge in [0.2, 0.25) is 0 Å². The van der Waals surface area contributed by atoms with E-state index in [1.54, 1.807) is 0 Å². The Bertz CT molecular complexity index is 230. The molecule has 0 saturated carbocycles. The lowest BCUT2D eigenvalue weighted by Gasteiger charge is -2.06. The summed E-state index contributed by atoms with van der Waals surface area (Å²) >= 11 is 2.40. The van der Waals surface area contributed by atoms with Gasteiger partial charge in [-0.2, -0.15) is 0 Å². The second-order valence-corrected chi connectivity index (χ2v) is 4.00. The van der Waals surface area contributed by atoms with E-state index in [0.717, 1.165) is 12.0 Å². The summed E-state index contributed by atoms with van der Waals surface area (Å²) < 4.78 is 0.522. The summed E-state index contributed by atoms with van der Waals surface area (Å²) in [5.41, 5.74) is 2.41. The van der Waals surface area contributed by atoms with E-state index >= 15 is 0 Å². The number of rotatable bonds is 2. The Morgan fingerprint density at radius 3 is 2.73 bits per heavy atom. The van der Waals surface area contributed by atoms with Crippen LogP contribution in [0.2, 0.25) is 0 Å². The number of hydrogen-bond donors (Lipinski definition) is 0. The van der Waals surface area contributed by atoms with Crippen LogP contribution >= 0.6 is 22.6 Å². The number of benzene rings is 1. The highest BCUT2D eigenvalue weighted by atomic mass is 127. The Kier molecular flexibility index (Phi) is 3.37. The fraction of sp³-hybridized carbons (Fsp3) is 0.200. The molecule has 0 spiro atoms. The van der Waals surface area contributed by atoms with Gasteiger partial charge in [0, 0.05) is 3.92 Å². The monoisotopic (exact) mass is 258 g/mol. The molecular weight excluding hydrogens is 247 g/mol. The van der Waals surface area contributed by atoms with E-state index in [1.165, 1.54) is 5.56 Å². The first-order valence-corrected chi connectivity index (χ1v) is 4.84. The first-order valence-electron chi connectivity index (χ1n) is 3.59. The Hall–Kier alpha value is -0.0500. The molecule has 1 unspecified atom stereocenters. The molecule has 0 heterocycles. The van der Waals surface area contributed by atoms with Crippen LogP contribution < -0.4 is 0 Å². The molecule has 0 nitrogen and oxygen atoms in total. The van der Waals surface area contributed by atoms with Crippen molar-refractivity contribution in [3.63, 3.8) is 0 Å². The van der Waals surface area contributed by atoms with Crippen LogP contribution in [-0.4, -0.2) is 0 Å². The molecule has 58 valence electrons. The molecule has 2 radical (unpaired) electrons. The molecule has 0 aliphatic carbocycles. The third-order valence-corrected chi connectivity index (χ3v) is 2.91. The molecular formula is C10H11I. The van der Waals surface area contributed by atoms with Crippen LogP contribution in [0.4, 0.5) is 0 Å². The minimum Gasteiger partial charge on any atom is -0.0774 e. The van der Waals surface area contributed by atoms with Crippen LogP contribution in [0.1, 0.15) is 21.5 Å². The lowest BCUT2D eigenvalue weighted by molar-refractivity contribution is 1.00. The third-order valence-electron chi connectivity index (χ3n) is 1.57. The molecule has 1 heteroatoms. The molecule has 0 aliphatic heterocycles. The maximum atomic E-state index is 3.87. The molecule has 1 aromatic carbocycles. The minimum absolute atomic E-state index is 0.522. The zero-order chi connectivity index (χ0) is 8.27. The van der Waals surface area contributed by atoms with Gasteiger partial charge in [-0.1, -0.05) is 53.8 Å². The molecule has 0 amide bonds. The second kappa shape index (κ2) is 4.10. The van der Waals surface area contributed by atoms with E-state index in [2.05, 4.69) is 48.6 Å². The van der Waals surface area contributed by atoms with Crippen molar-refractivity contribution in [3.05, 3.63) is 49.2 Å². The fourth-order valence-corrected chi connectivity index (χ4v) is 1.34. The predicted octanol–water partition coefficient (Wildman–Crippen LogP) is 3.57. The van der Waals surface area contributed by atoms with Crippen molar-refractivity contribution >= 4 is 22.6 Å². The van der Waals surface area contributed by atoms with Gasteiger partial charge >= 0.3 is 0 Å². The van der Waals surface area contributed by atoms with Gasteiger partial charge in [0.15, 0.2) is 0 Å². The normalized spacial score (nSPS) is 13.0. The summed E-state index contributed by atoms with van der Waals surface area (Å²) in [4.78, 5) is 0. The van der Waals surface area contributed by atoms with Crippen molar-refractivity contribution in [1.29, 1.82) is 0 Å². The van der Waals surface area contributed by atoms with Crippen molar-refractivity contribution < 1.29 is 0 Å². The zero-order valence-electron chi connectivity index (χ0n) is 6.39. The first kappa shape index (κ1) is 9.04. The molecule has 1 aromatic rings. The smallest absolute Gasteiger partial charge is 0.0359 e.